The number of piperidine rings is 1. The van der Waals surface area contributed by atoms with E-state index >= 15 is 0 Å². The van der Waals surface area contributed by atoms with Crippen LogP contribution < -0.4 is 5.32 Å². The minimum atomic E-state index is -0.142. The van der Waals surface area contributed by atoms with Gasteiger partial charge in [0.05, 0.1) is 6.10 Å². The summed E-state index contributed by atoms with van der Waals surface area (Å²) in [6.07, 6.45) is 4.48. The number of aliphatic hydroxyl groups is 1. The molecule has 0 radical (unpaired) electrons. The first-order valence-corrected chi connectivity index (χ1v) is 7.78. The lowest BCUT2D eigenvalue weighted by Crippen LogP contribution is -2.49. The molecular formula is C15H30N2O2. The maximum absolute atomic E-state index is 9.67. The van der Waals surface area contributed by atoms with Crippen LogP contribution in [0.15, 0.2) is 0 Å². The molecule has 112 valence electrons. The number of hydrogen-bond donors (Lipinski definition) is 2. The van der Waals surface area contributed by atoms with Crippen molar-refractivity contribution >= 4 is 0 Å². The number of aliphatic hydroxyl groups excluding tert-OH is 1. The van der Waals surface area contributed by atoms with Crippen molar-refractivity contribution in [1.29, 1.82) is 0 Å². The lowest BCUT2D eigenvalue weighted by atomic mass is 9.78. The third-order valence-corrected chi connectivity index (χ3v) is 4.98. The molecule has 2 rings (SSSR count). The molecule has 1 unspecified atom stereocenters. The third kappa shape index (κ3) is 4.15. The van der Waals surface area contributed by atoms with Gasteiger partial charge >= 0.3 is 0 Å². The molecule has 0 aromatic rings. The van der Waals surface area contributed by atoms with Gasteiger partial charge in [-0.1, -0.05) is 0 Å². The summed E-state index contributed by atoms with van der Waals surface area (Å²) in [5.74, 6) is 0.506. The largest absolute Gasteiger partial charge is 0.393 e. The minimum Gasteiger partial charge on any atom is -0.393 e. The van der Waals surface area contributed by atoms with E-state index in [2.05, 4.69) is 17.3 Å². The van der Waals surface area contributed by atoms with E-state index in [1.165, 1.54) is 19.4 Å². The normalized spacial score (nSPS) is 27.3. The molecule has 4 nitrogen and oxygen atoms in total. The zero-order valence-corrected chi connectivity index (χ0v) is 12.5. The summed E-state index contributed by atoms with van der Waals surface area (Å²) in [4.78, 5) is 2.60. The molecule has 0 aromatic carbocycles. The predicted octanol–water partition coefficient (Wildman–Crippen LogP) is 1.10. The lowest BCUT2D eigenvalue weighted by Gasteiger charge is -2.43. The number of rotatable bonds is 5. The summed E-state index contributed by atoms with van der Waals surface area (Å²) in [6, 6.07) is 0. The number of likely N-dealkylation sites (tertiary alicyclic amines) is 1. The number of hydrogen-bond acceptors (Lipinski definition) is 4. The van der Waals surface area contributed by atoms with Crippen LogP contribution in [-0.4, -0.2) is 62.6 Å². The molecule has 2 heterocycles. The number of nitrogens with zero attached hydrogens (tertiary/aromatic N) is 1. The SMILES string of the molecule is CNCC1(CN2CCC(C(C)O)CC2)CCOCC1. The molecule has 2 fully saturated rings. The zero-order chi connectivity index (χ0) is 13.7. The van der Waals surface area contributed by atoms with E-state index in [9.17, 15) is 5.11 Å². The van der Waals surface area contributed by atoms with Gasteiger partial charge in [-0.15, -0.1) is 0 Å². The van der Waals surface area contributed by atoms with Gasteiger partial charge in [-0.25, -0.2) is 0 Å². The Bertz CT molecular complexity index is 251. The second kappa shape index (κ2) is 7.02. The van der Waals surface area contributed by atoms with Gasteiger partial charge < -0.3 is 20.1 Å². The Balaban J connectivity index is 1.85. The van der Waals surface area contributed by atoms with Crippen molar-refractivity contribution in [2.75, 3.05) is 46.4 Å². The fraction of sp³-hybridized carbons (Fsp3) is 1.00. The fourth-order valence-corrected chi connectivity index (χ4v) is 3.64. The monoisotopic (exact) mass is 270 g/mol. The highest BCUT2D eigenvalue weighted by Gasteiger charge is 2.35. The van der Waals surface area contributed by atoms with Crippen molar-refractivity contribution in [3.05, 3.63) is 0 Å². The van der Waals surface area contributed by atoms with E-state index in [1.54, 1.807) is 0 Å². The van der Waals surface area contributed by atoms with E-state index in [0.717, 1.165) is 45.7 Å². The molecule has 2 saturated heterocycles. The van der Waals surface area contributed by atoms with Crippen LogP contribution in [0.3, 0.4) is 0 Å². The van der Waals surface area contributed by atoms with Crippen molar-refractivity contribution < 1.29 is 9.84 Å². The Hall–Kier alpha value is -0.160. The zero-order valence-electron chi connectivity index (χ0n) is 12.5. The summed E-state index contributed by atoms with van der Waals surface area (Å²) in [7, 11) is 2.05. The first-order chi connectivity index (χ1) is 9.15. The van der Waals surface area contributed by atoms with Crippen LogP contribution in [0.5, 0.6) is 0 Å². The highest BCUT2D eigenvalue weighted by atomic mass is 16.5. The van der Waals surface area contributed by atoms with Gasteiger partial charge in [0.15, 0.2) is 0 Å². The molecule has 2 aliphatic rings. The first-order valence-electron chi connectivity index (χ1n) is 7.78. The average molecular weight is 270 g/mol. The molecule has 2 N–H and O–H groups in total. The van der Waals surface area contributed by atoms with Gasteiger partial charge in [0.25, 0.3) is 0 Å². The van der Waals surface area contributed by atoms with Gasteiger partial charge in [0.1, 0.15) is 0 Å². The van der Waals surface area contributed by atoms with Crippen LogP contribution in [0.25, 0.3) is 0 Å². The summed E-state index contributed by atoms with van der Waals surface area (Å²) in [6.45, 7) is 8.30. The Kier molecular flexibility index (Phi) is 5.63. The van der Waals surface area contributed by atoms with Crippen molar-refractivity contribution in [2.45, 2.75) is 38.7 Å². The molecule has 2 aliphatic heterocycles. The molecule has 4 heteroatoms. The second-order valence-corrected chi connectivity index (χ2v) is 6.50. The van der Waals surface area contributed by atoms with Crippen LogP contribution in [-0.2, 0) is 4.74 Å². The first kappa shape index (κ1) is 15.2. The average Bonchev–Trinajstić information content (AvgIpc) is 2.40. The van der Waals surface area contributed by atoms with Crippen LogP contribution in [0, 0.1) is 11.3 Å². The van der Waals surface area contributed by atoms with Crippen molar-refractivity contribution in [1.82, 2.24) is 10.2 Å². The van der Waals surface area contributed by atoms with Crippen LogP contribution in [0.1, 0.15) is 32.6 Å². The van der Waals surface area contributed by atoms with Crippen molar-refractivity contribution in [3.63, 3.8) is 0 Å². The van der Waals surface area contributed by atoms with E-state index in [1.807, 2.05) is 6.92 Å². The fourth-order valence-electron chi connectivity index (χ4n) is 3.64. The summed E-state index contributed by atoms with van der Waals surface area (Å²) in [5.41, 5.74) is 0.394. The van der Waals surface area contributed by atoms with Crippen LogP contribution >= 0.6 is 0 Å². The second-order valence-electron chi connectivity index (χ2n) is 6.50. The molecule has 0 amide bonds. The molecule has 0 bridgehead atoms. The van der Waals surface area contributed by atoms with Crippen LogP contribution in [0.2, 0.25) is 0 Å². The van der Waals surface area contributed by atoms with Crippen molar-refractivity contribution in [3.8, 4) is 0 Å². The topological polar surface area (TPSA) is 44.7 Å². The third-order valence-electron chi connectivity index (χ3n) is 4.98. The molecule has 19 heavy (non-hydrogen) atoms. The van der Waals surface area contributed by atoms with Gasteiger partial charge in [-0.05, 0) is 64.1 Å². The highest BCUT2D eigenvalue weighted by Crippen LogP contribution is 2.32. The van der Waals surface area contributed by atoms with E-state index in [4.69, 9.17) is 4.74 Å². The molecule has 0 aromatic heterocycles. The maximum atomic E-state index is 9.67. The van der Waals surface area contributed by atoms with E-state index in [0.29, 0.717) is 11.3 Å². The van der Waals surface area contributed by atoms with Gasteiger partial charge in [-0.3, -0.25) is 0 Å². The molecule has 0 aliphatic carbocycles. The van der Waals surface area contributed by atoms with Gasteiger partial charge in [-0.2, -0.15) is 0 Å². The summed E-state index contributed by atoms with van der Waals surface area (Å²) in [5, 5.41) is 13.0. The Morgan fingerprint density at radius 2 is 1.95 bits per heavy atom. The molecular weight excluding hydrogens is 240 g/mol. The minimum absolute atomic E-state index is 0.142. The van der Waals surface area contributed by atoms with Crippen LogP contribution in [0.4, 0.5) is 0 Å². The molecule has 0 saturated carbocycles. The summed E-state index contributed by atoms with van der Waals surface area (Å²) < 4.78 is 5.53. The Morgan fingerprint density at radius 3 is 2.47 bits per heavy atom. The predicted molar refractivity (Wildman–Crippen MR) is 77.3 cm³/mol. The van der Waals surface area contributed by atoms with E-state index < -0.39 is 0 Å². The Morgan fingerprint density at radius 1 is 1.32 bits per heavy atom. The van der Waals surface area contributed by atoms with Gasteiger partial charge in [0.2, 0.25) is 0 Å². The standard InChI is InChI=1S/C15H30N2O2/c1-13(18)14-3-7-17(8-4-14)12-15(11-16-2)5-9-19-10-6-15/h13-14,16,18H,3-12H2,1-2H3. The Labute approximate surface area is 117 Å². The maximum Gasteiger partial charge on any atom is 0.0541 e. The smallest absolute Gasteiger partial charge is 0.0541 e. The number of ether oxygens (including phenoxy) is 1. The van der Waals surface area contributed by atoms with E-state index in [-0.39, 0.29) is 6.10 Å². The lowest BCUT2D eigenvalue weighted by molar-refractivity contribution is -0.0139. The summed E-state index contributed by atoms with van der Waals surface area (Å²) >= 11 is 0. The highest BCUT2D eigenvalue weighted by molar-refractivity contribution is 4.88. The molecule has 1 atom stereocenters. The van der Waals surface area contributed by atoms with Crippen molar-refractivity contribution in [2.24, 2.45) is 11.3 Å². The van der Waals surface area contributed by atoms with Gasteiger partial charge in [0, 0.05) is 26.3 Å². The number of nitrogens with one attached hydrogen (secondary N) is 1. The quantitative estimate of drug-likeness (QED) is 0.785. The molecule has 0 spiro atoms.